The fourth-order valence-electron chi connectivity index (χ4n) is 3.82. The van der Waals surface area contributed by atoms with Crippen LogP contribution < -0.4 is 16.6 Å². The molecule has 0 atom stereocenters. The van der Waals surface area contributed by atoms with Gasteiger partial charge in [0.25, 0.3) is 11.5 Å². The number of hydrogen-bond donors (Lipinski definition) is 2. The van der Waals surface area contributed by atoms with Crippen LogP contribution in [0.4, 0.5) is 0 Å². The van der Waals surface area contributed by atoms with Gasteiger partial charge in [-0.2, -0.15) is 0 Å². The zero-order valence-corrected chi connectivity index (χ0v) is 15.2. The molecular weight excluding hydrogens is 344 g/mol. The van der Waals surface area contributed by atoms with E-state index < -0.39 is 11.2 Å². The lowest BCUT2D eigenvalue weighted by Gasteiger charge is -2.11. The van der Waals surface area contributed by atoms with Gasteiger partial charge < -0.3 is 14.9 Å². The van der Waals surface area contributed by atoms with Gasteiger partial charge in [0.1, 0.15) is 5.52 Å². The van der Waals surface area contributed by atoms with Gasteiger partial charge in [0.2, 0.25) is 0 Å². The molecule has 1 saturated carbocycles. The maximum atomic E-state index is 12.9. The molecule has 0 aliphatic heterocycles. The van der Waals surface area contributed by atoms with Gasteiger partial charge in [-0.05, 0) is 18.4 Å². The van der Waals surface area contributed by atoms with Gasteiger partial charge in [0.15, 0.2) is 0 Å². The number of nitrogens with one attached hydrogen (secondary N) is 2. The Morgan fingerprint density at radius 3 is 2.59 bits per heavy atom. The Kier molecular flexibility index (Phi) is 4.43. The number of H-pyrrole nitrogens is 1. The first-order chi connectivity index (χ1) is 13.0. The summed E-state index contributed by atoms with van der Waals surface area (Å²) in [5, 5.41) is 3.01. The van der Waals surface area contributed by atoms with Crippen molar-refractivity contribution in [3.8, 4) is 0 Å². The predicted octanol–water partition coefficient (Wildman–Crippen LogP) is 1.75. The Morgan fingerprint density at radius 2 is 1.89 bits per heavy atom. The largest absolute Gasteiger partial charge is 0.349 e. The van der Waals surface area contributed by atoms with Crippen LogP contribution in [0.15, 0.2) is 46.1 Å². The van der Waals surface area contributed by atoms with Crippen molar-refractivity contribution >= 4 is 16.9 Å². The second kappa shape index (κ2) is 6.90. The second-order valence-corrected chi connectivity index (χ2v) is 7.14. The molecule has 140 valence electrons. The number of aromatic amines is 1. The first-order valence-corrected chi connectivity index (χ1v) is 9.21. The quantitative estimate of drug-likeness (QED) is 0.737. The number of fused-ring (bicyclic) bond motifs is 1. The number of rotatable bonds is 4. The van der Waals surface area contributed by atoms with Crippen LogP contribution in [0.2, 0.25) is 0 Å². The molecule has 0 saturated heterocycles. The summed E-state index contributed by atoms with van der Waals surface area (Å²) in [7, 11) is 1.71. The molecule has 7 nitrogen and oxygen atoms in total. The van der Waals surface area contributed by atoms with E-state index in [1.54, 1.807) is 17.8 Å². The Balaban J connectivity index is 1.75. The van der Waals surface area contributed by atoms with Crippen molar-refractivity contribution in [3.05, 3.63) is 68.5 Å². The second-order valence-electron chi connectivity index (χ2n) is 7.14. The van der Waals surface area contributed by atoms with Crippen molar-refractivity contribution in [1.82, 2.24) is 19.4 Å². The van der Waals surface area contributed by atoms with Crippen LogP contribution in [0.3, 0.4) is 0 Å². The molecule has 3 aromatic rings. The molecule has 1 fully saturated rings. The monoisotopic (exact) mass is 366 g/mol. The lowest BCUT2D eigenvalue weighted by atomic mass is 10.2. The lowest BCUT2D eigenvalue weighted by molar-refractivity contribution is 0.0939. The van der Waals surface area contributed by atoms with E-state index in [0.717, 1.165) is 35.8 Å². The van der Waals surface area contributed by atoms with Crippen molar-refractivity contribution in [2.45, 2.75) is 38.3 Å². The van der Waals surface area contributed by atoms with Crippen LogP contribution >= 0.6 is 0 Å². The van der Waals surface area contributed by atoms with Crippen molar-refractivity contribution in [2.75, 3.05) is 0 Å². The maximum Gasteiger partial charge on any atom is 0.329 e. The number of aryl methyl sites for hydroxylation is 1. The van der Waals surface area contributed by atoms with E-state index in [-0.39, 0.29) is 18.5 Å². The minimum atomic E-state index is -0.516. The van der Waals surface area contributed by atoms with E-state index in [4.69, 9.17) is 0 Å². The highest BCUT2D eigenvalue weighted by molar-refractivity contribution is 6.05. The molecule has 0 spiro atoms. The topological polar surface area (TPSA) is 88.9 Å². The summed E-state index contributed by atoms with van der Waals surface area (Å²) in [6.07, 6.45) is 5.77. The standard InChI is InChI=1S/C20H22N4O3/c1-23-12-15(18(25)21-14-9-5-6-10-14)16-17(23)19(26)24(20(27)22-16)11-13-7-3-2-4-8-13/h2-4,7-8,12,14H,5-6,9-11H2,1H3,(H,21,25)(H,22,27). The van der Waals surface area contributed by atoms with Gasteiger partial charge in [-0.15, -0.1) is 0 Å². The molecule has 1 aliphatic carbocycles. The van der Waals surface area contributed by atoms with Crippen LogP contribution in [0, 0.1) is 0 Å². The molecule has 27 heavy (non-hydrogen) atoms. The molecule has 1 aromatic carbocycles. The number of nitrogens with zero attached hydrogens (tertiary/aromatic N) is 2. The average Bonchev–Trinajstić information content (AvgIpc) is 3.27. The van der Waals surface area contributed by atoms with Crippen molar-refractivity contribution < 1.29 is 4.79 Å². The average molecular weight is 366 g/mol. The number of amides is 1. The summed E-state index contributed by atoms with van der Waals surface area (Å²) in [5.41, 5.74) is 0.894. The molecule has 2 heterocycles. The third-order valence-electron chi connectivity index (χ3n) is 5.22. The summed E-state index contributed by atoms with van der Waals surface area (Å²) in [5.74, 6) is -0.247. The molecule has 0 bridgehead atoms. The van der Waals surface area contributed by atoms with Gasteiger partial charge in [0.05, 0.1) is 17.6 Å². The Morgan fingerprint density at radius 1 is 1.19 bits per heavy atom. The van der Waals surface area contributed by atoms with E-state index in [2.05, 4.69) is 10.3 Å². The predicted molar refractivity (Wildman–Crippen MR) is 103 cm³/mol. The number of carbonyl (C=O) groups is 1. The Bertz CT molecular complexity index is 1100. The van der Waals surface area contributed by atoms with E-state index in [0.29, 0.717) is 16.6 Å². The summed E-state index contributed by atoms with van der Waals surface area (Å²) < 4.78 is 2.77. The molecular formula is C20H22N4O3. The smallest absolute Gasteiger partial charge is 0.329 e. The SMILES string of the molecule is Cn1cc(C(=O)NC2CCCC2)c2[nH]c(=O)n(Cc3ccccc3)c(=O)c21. The van der Waals surface area contributed by atoms with Crippen LogP contribution in [0.1, 0.15) is 41.6 Å². The van der Waals surface area contributed by atoms with Crippen LogP contribution in [-0.4, -0.2) is 26.1 Å². The summed E-state index contributed by atoms with van der Waals surface area (Å²) in [6, 6.07) is 9.50. The van der Waals surface area contributed by atoms with Crippen molar-refractivity contribution in [1.29, 1.82) is 0 Å². The van der Waals surface area contributed by atoms with Gasteiger partial charge in [-0.25, -0.2) is 4.79 Å². The van der Waals surface area contributed by atoms with Gasteiger partial charge in [-0.1, -0.05) is 43.2 Å². The summed E-state index contributed by atoms with van der Waals surface area (Å²) >= 11 is 0. The highest BCUT2D eigenvalue weighted by Crippen LogP contribution is 2.20. The highest BCUT2D eigenvalue weighted by Gasteiger charge is 2.23. The number of carbonyl (C=O) groups excluding carboxylic acids is 1. The fourth-order valence-corrected chi connectivity index (χ4v) is 3.82. The lowest BCUT2D eigenvalue weighted by Crippen LogP contribution is -2.36. The minimum absolute atomic E-state index is 0.165. The summed E-state index contributed by atoms with van der Waals surface area (Å²) in [6.45, 7) is 0.180. The van der Waals surface area contributed by atoms with E-state index in [9.17, 15) is 14.4 Å². The molecule has 2 N–H and O–H groups in total. The zero-order valence-electron chi connectivity index (χ0n) is 15.2. The molecule has 0 unspecified atom stereocenters. The zero-order chi connectivity index (χ0) is 19.0. The molecule has 0 radical (unpaired) electrons. The van der Waals surface area contributed by atoms with Crippen LogP contribution in [0.25, 0.3) is 11.0 Å². The van der Waals surface area contributed by atoms with Gasteiger partial charge in [-0.3, -0.25) is 14.2 Å². The van der Waals surface area contributed by atoms with Crippen LogP contribution in [0.5, 0.6) is 0 Å². The summed E-state index contributed by atoms with van der Waals surface area (Å²) in [4.78, 5) is 40.9. The molecule has 2 aromatic heterocycles. The maximum absolute atomic E-state index is 12.9. The van der Waals surface area contributed by atoms with E-state index in [1.165, 1.54) is 0 Å². The number of benzene rings is 1. The minimum Gasteiger partial charge on any atom is -0.349 e. The van der Waals surface area contributed by atoms with E-state index >= 15 is 0 Å². The van der Waals surface area contributed by atoms with E-state index in [1.807, 2.05) is 30.3 Å². The molecule has 4 rings (SSSR count). The first kappa shape index (κ1) is 17.3. The van der Waals surface area contributed by atoms with Crippen molar-refractivity contribution in [2.24, 2.45) is 7.05 Å². The Labute approximate surface area is 155 Å². The third-order valence-corrected chi connectivity index (χ3v) is 5.22. The van der Waals surface area contributed by atoms with Gasteiger partial charge >= 0.3 is 5.69 Å². The van der Waals surface area contributed by atoms with Crippen LogP contribution in [-0.2, 0) is 13.6 Å². The molecule has 7 heteroatoms. The number of aromatic nitrogens is 3. The Hall–Kier alpha value is -3.09. The van der Waals surface area contributed by atoms with Gasteiger partial charge in [0, 0.05) is 19.3 Å². The first-order valence-electron chi connectivity index (χ1n) is 9.21. The van der Waals surface area contributed by atoms with Crippen molar-refractivity contribution in [3.63, 3.8) is 0 Å². The molecule has 1 aliphatic rings. The fraction of sp³-hybridized carbons (Fsp3) is 0.350. The number of hydrogen-bond acceptors (Lipinski definition) is 3. The third kappa shape index (κ3) is 3.20. The normalized spacial score (nSPS) is 14.7. The molecule has 1 amide bonds. The highest BCUT2D eigenvalue weighted by atomic mass is 16.2.